The number of para-hydroxylation sites is 1. The molecule has 2 bridgehead atoms. The van der Waals surface area contributed by atoms with E-state index in [4.69, 9.17) is 0 Å². The summed E-state index contributed by atoms with van der Waals surface area (Å²) >= 11 is 0. The fourth-order valence-corrected chi connectivity index (χ4v) is 11.9. The number of hydrogen-bond donors (Lipinski definition) is 1. The van der Waals surface area contributed by atoms with Crippen molar-refractivity contribution in [2.75, 3.05) is 13.1 Å². The van der Waals surface area contributed by atoms with Gasteiger partial charge in [0.05, 0.1) is 11.6 Å². The Balaban J connectivity index is 1.14. The number of benzene rings is 4. The van der Waals surface area contributed by atoms with Gasteiger partial charge in [0.1, 0.15) is 8.07 Å². The highest BCUT2D eigenvalue weighted by Gasteiger charge is 2.44. The molecule has 3 fully saturated rings. The Labute approximate surface area is 238 Å². The Bertz CT molecular complexity index is 1630. The van der Waals surface area contributed by atoms with Crippen LogP contribution in [0, 0.1) is 11.8 Å². The molecule has 1 N–H and O–H groups in total. The van der Waals surface area contributed by atoms with E-state index in [-0.39, 0.29) is 6.04 Å². The molecule has 4 heterocycles. The molecule has 4 heteroatoms. The second-order valence-corrected chi connectivity index (χ2v) is 16.5. The third kappa shape index (κ3) is 4.48. The van der Waals surface area contributed by atoms with Crippen LogP contribution in [0.25, 0.3) is 21.7 Å². The molecule has 202 valence electrons. The summed E-state index contributed by atoms with van der Waals surface area (Å²) in [6.45, 7) is 4.79. The molecule has 5 aromatic rings. The average Bonchev–Trinajstić information content (AvgIpc) is 3.03. The summed E-state index contributed by atoms with van der Waals surface area (Å²) in [6, 6.07) is 38.8. The van der Waals surface area contributed by atoms with Gasteiger partial charge in [-0.25, -0.2) is 0 Å². The summed E-state index contributed by atoms with van der Waals surface area (Å²) in [5, 5.41) is 18.6. The summed E-state index contributed by atoms with van der Waals surface area (Å²) in [7, 11) is -1.97. The van der Waals surface area contributed by atoms with E-state index < -0.39 is 14.2 Å². The number of rotatable bonds is 7. The van der Waals surface area contributed by atoms with Crippen molar-refractivity contribution in [2.45, 2.75) is 44.0 Å². The molecule has 3 aliphatic heterocycles. The van der Waals surface area contributed by atoms with E-state index in [1.165, 1.54) is 34.8 Å². The number of hydrogen-bond acceptors (Lipinski definition) is 3. The van der Waals surface area contributed by atoms with Crippen LogP contribution in [-0.2, 0) is 0 Å². The minimum absolute atomic E-state index is 0.191. The third-order valence-corrected chi connectivity index (χ3v) is 14.6. The van der Waals surface area contributed by atoms with Crippen LogP contribution < -0.4 is 10.4 Å². The molecule has 0 radical (unpaired) electrons. The summed E-state index contributed by atoms with van der Waals surface area (Å²) in [4.78, 5) is 7.13. The topological polar surface area (TPSA) is 36.4 Å². The van der Waals surface area contributed by atoms with Gasteiger partial charge >= 0.3 is 0 Å². The number of aromatic nitrogens is 1. The van der Waals surface area contributed by atoms with Crippen LogP contribution in [0.5, 0.6) is 0 Å². The maximum absolute atomic E-state index is 11.6. The van der Waals surface area contributed by atoms with Crippen LogP contribution in [0.1, 0.15) is 30.9 Å². The van der Waals surface area contributed by atoms with E-state index in [0.29, 0.717) is 11.8 Å². The van der Waals surface area contributed by atoms with E-state index in [2.05, 4.69) is 95.3 Å². The first kappa shape index (κ1) is 25.6. The largest absolute Gasteiger partial charge is 0.387 e. The first-order valence-electron chi connectivity index (χ1n) is 14.9. The zero-order chi connectivity index (χ0) is 27.1. The van der Waals surface area contributed by atoms with Crippen molar-refractivity contribution in [2.24, 2.45) is 11.8 Å². The van der Waals surface area contributed by atoms with Gasteiger partial charge in [0.2, 0.25) is 0 Å². The second-order valence-electron chi connectivity index (χ2n) is 12.2. The molecule has 0 amide bonds. The van der Waals surface area contributed by atoms with Gasteiger partial charge in [0.15, 0.2) is 0 Å². The van der Waals surface area contributed by atoms with Gasteiger partial charge in [0, 0.05) is 24.2 Å². The molecule has 0 saturated carbocycles. The van der Waals surface area contributed by atoms with Crippen LogP contribution >= 0.6 is 0 Å². The number of aliphatic hydroxyl groups is 1. The van der Waals surface area contributed by atoms with E-state index in [1.807, 2.05) is 30.5 Å². The van der Waals surface area contributed by atoms with Crippen molar-refractivity contribution < 1.29 is 5.11 Å². The molecule has 1 aromatic heterocycles. The van der Waals surface area contributed by atoms with Crippen molar-refractivity contribution in [3.8, 4) is 0 Å². The van der Waals surface area contributed by atoms with Crippen LogP contribution in [-0.4, -0.2) is 42.2 Å². The SMILES string of the molecule is C[Si@@](CC[C@H]1CN2CC[C@H]1C[C@@H]2[C@H](O)c1ccnc2ccccc12)(c1ccccc1)c1cccc2ccccc12. The Hall–Kier alpha value is -3.31. The highest BCUT2D eigenvalue weighted by molar-refractivity contribution is 7.02. The lowest BCUT2D eigenvalue weighted by atomic mass is 9.72. The standard InChI is InChI=1S/C36H38N2OSi/c1-40(29-12-3-2-4-13-29,35-17-9-11-26-10-5-6-14-30(26)35)23-20-28-25-38-22-19-27(28)24-34(38)36(39)32-18-21-37-33-16-8-7-15-31(32)33/h2-18,21,27-28,34,36,39H,19-20,22-25H2,1H3/t27-,28-,34+,36+,40+/m0/s1. The lowest BCUT2D eigenvalue weighted by Gasteiger charge is -2.52. The molecule has 0 aliphatic carbocycles. The summed E-state index contributed by atoms with van der Waals surface area (Å²) < 4.78 is 0. The number of pyridine rings is 1. The van der Waals surface area contributed by atoms with Gasteiger partial charge in [-0.1, -0.05) is 109 Å². The third-order valence-electron chi connectivity index (χ3n) is 10.1. The molecule has 8 rings (SSSR count). The molecular weight excluding hydrogens is 504 g/mol. The summed E-state index contributed by atoms with van der Waals surface area (Å²) in [5.74, 6) is 1.37. The maximum atomic E-state index is 11.6. The Morgan fingerprint density at radius 3 is 2.45 bits per heavy atom. The monoisotopic (exact) mass is 542 g/mol. The molecule has 3 saturated heterocycles. The Morgan fingerprint density at radius 2 is 1.62 bits per heavy atom. The Morgan fingerprint density at radius 1 is 0.875 bits per heavy atom. The van der Waals surface area contributed by atoms with Gasteiger partial charge in [-0.05, 0) is 70.9 Å². The van der Waals surface area contributed by atoms with E-state index in [1.54, 1.807) is 5.19 Å². The molecular formula is C36H38N2OSi. The predicted molar refractivity (Wildman–Crippen MR) is 169 cm³/mol. The average molecular weight is 543 g/mol. The van der Waals surface area contributed by atoms with Gasteiger partial charge in [-0.2, -0.15) is 0 Å². The van der Waals surface area contributed by atoms with Crippen LogP contribution in [0.4, 0.5) is 0 Å². The molecule has 40 heavy (non-hydrogen) atoms. The van der Waals surface area contributed by atoms with Gasteiger partial charge in [-0.3, -0.25) is 9.88 Å². The summed E-state index contributed by atoms with van der Waals surface area (Å²) in [6.07, 6.45) is 4.96. The lowest BCUT2D eigenvalue weighted by molar-refractivity contribution is -0.0562. The normalized spacial score (nSPS) is 24.6. The second kappa shape index (κ2) is 10.6. The van der Waals surface area contributed by atoms with Crippen LogP contribution in [0.2, 0.25) is 12.6 Å². The minimum atomic E-state index is -1.97. The number of nitrogens with zero attached hydrogens (tertiary/aromatic N) is 2. The van der Waals surface area contributed by atoms with Crippen molar-refractivity contribution in [3.05, 3.63) is 115 Å². The first-order valence-corrected chi connectivity index (χ1v) is 17.6. The lowest BCUT2D eigenvalue weighted by Crippen LogP contribution is -2.58. The van der Waals surface area contributed by atoms with Gasteiger partial charge < -0.3 is 5.11 Å². The van der Waals surface area contributed by atoms with E-state index in [0.717, 1.165) is 36.0 Å². The molecule has 0 spiro atoms. The van der Waals surface area contributed by atoms with Crippen LogP contribution in [0.3, 0.4) is 0 Å². The van der Waals surface area contributed by atoms with E-state index in [9.17, 15) is 5.11 Å². The van der Waals surface area contributed by atoms with Crippen molar-refractivity contribution in [3.63, 3.8) is 0 Å². The van der Waals surface area contributed by atoms with Crippen molar-refractivity contribution >= 4 is 40.1 Å². The maximum Gasteiger partial charge on any atom is 0.116 e. The number of piperidine rings is 3. The highest BCUT2D eigenvalue weighted by Crippen LogP contribution is 2.43. The Kier molecular flexibility index (Phi) is 6.79. The van der Waals surface area contributed by atoms with Crippen molar-refractivity contribution in [1.29, 1.82) is 0 Å². The molecule has 3 aliphatic rings. The minimum Gasteiger partial charge on any atom is -0.387 e. The van der Waals surface area contributed by atoms with Gasteiger partial charge in [-0.15, -0.1) is 0 Å². The van der Waals surface area contributed by atoms with Gasteiger partial charge in [0.25, 0.3) is 0 Å². The number of fused-ring (bicyclic) bond motifs is 5. The predicted octanol–water partition coefficient (Wildman–Crippen LogP) is 6.41. The molecule has 6 atom stereocenters. The quantitative estimate of drug-likeness (QED) is 0.241. The molecule has 4 aromatic carbocycles. The fraction of sp³-hybridized carbons (Fsp3) is 0.306. The smallest absolute Gasteiger partial charge is 0.116 e. The van der Waals surface area contributed by atoms with Crippen LogP contribution in [0.15, 0.2) is 109 Å². The molecule has 3 nitrogen and oxygen atoms in total. The summed E-state index contributed by atoms with van der Waals surface area (Å²) in [5.41, 5.74) is 1.99. The molecule has 1 unspecified atom stereocenters. The number of aliphatic hydroxyl groups excluding tert-OH is 1. The zero-order valence-electron chi connectivity index (χ0n) is 23.3. The first-order chi connectivity index (χ1) is 19.6. The fourth-order valence-electron chi connectivity index (χ4n) is 7.84. The zero-order valence-corrected chi connectivity index (χ0v) is 24.3. The van der Waals surface area contributed by atoms with E-state index >= 15 is 0 Å². The van der Waals surface area contributed by atoms with Crippen molar-refractivity contribution in [1.82, 2.24) is 9.88 Å². The highest BCUT2D eigenvalue weighted by atomic mass is 28.3.